The van der Waals surface area contributed by atoms with Gasteiger partial charge in [0.1, 0.15) is 11.2 Å². The Kier molecular flexibility index (Phi) is 4.26. The molecule has 0 aromatic heterocycles. The molecule has 0 radical (unpaired) electrons. The lowest BCUT2D eigenvalue weighted by Crippen LogP contribution is -2.51. The summed E-state index contributed by atoms with van der Waals surface area (Å²) in [7, 11) is -2.85. The van der Waals surface area contributed by atoms with E-state index < -0.39 is 32.9 Å². The van der Waals surface area contributed by atoms with Crippen molar-refractivity contribution in [2.24, 2.45) is 5.14 Å². The number of ether oxygens (including phenoxy) is 1. The number of carbonyl (C=O) groups is 2. The number of esters is 1. The second kappa shape index (κ2) is 5.14. The molecule has 1 aliphatic carbocycles. The van der Waals surface area contributed by atoms with E-state index in [1.165, 1.54) is 0 Å². The van der Waals surface area contributed by atoms with Gasteiger partial charge in [0.2, 0.25) is 10.0 Å². The van der Waals surface area contributed by atoms with E-state index in [1.54, 1.807) is 0 Å². The minimum Gasteiger partial charge on any atom is -0.469 e. The van der Waals surface area contributed by atoms with Crippen LogP contribution in [0, 0.1) is 0 Å². The van der Waals surface area contributed by atoms with E-state index in [2.05, 4.69) is 4.74 Å². The molecule has 2 N–H and O–H groups in total. The van der Waals surface area contributed by atoms with Gasteiger partial charge >= 0.3 is 5.97 Å². The lowest BCUT2D eigenvalue weighted by molar-refractivity contribution is -0.144. The van der Waals surface area contributed by atoms with Crippen molar-refractivity contribution in [3.05, 3.63) is 0 Å². The van der Waals surface area contributed by atoms with E-state index in [0.29, 0.717) is 12.8 Å². The number of sulfonamides is 1. The SMILES string of the molecule is COC(=O)CC(=O)C1(S(N)(=O)=O)CCCCC1. The largest absolute Gasteiger partial charge is 0.469 e. The Morgan fingerprint density at radius 1 is 1.24 bits per heavy atom. The predicted molar refractivity (Wildman–Crippen MR) is 60.6 cm³/mol. The molecule has 98 valence electrons. The molecule has 0 amide bonds. The van der Waals surface area contributed by atoms with Crippen molar-refractivity contribution < 1.29 is 22.7 Å². The summed E-state index contributed by atoms with van der Waals surface area (Å²) in [5.74, 6) is -1.38. The van der Waals surface area contributed by atoms with Gasteiger partial charge in [-0.1, -0.05) is 19.3 Å². The molecule has 0 spiro atoms. The highest BCUT2D eigenvalue weighted by Gasteiger charge is 2.49. The van der Waals surface area contributed by atoms with Gasteiger partial charge in [0.25, 0.3) is 0 Å². The first-order valence-electron chi connectivity index (χ1n) is 5.46. The van der Waals surface area contributed by atoms with Gasteiger partial charge in [-0.25, -0.2) is 13.6 Å². The zero-order valence-corrected chi connectivity index (χ0v) is 10.6. The number of rotatable bonds is 4. The molecule has 0 aromatic rings. The minimum atomic E-state index is -4.00. The summed E-state index contributed by atoms with van der Waals surface area (Å²) in [6.07, 6.45) is 1.99. The molecule has 0 aromatic carbocycles. The van der Waals surface area contributed by atoms with Crippen LogP contribution in [-0.4, -0.2) is 32.0 Å². The lowest BCUT2D eigenvalue weighted by Gasteiger charge is -2.33. The van der Waals surface area contributed by atoms with Gasteiger partial charge in [-0.2, -0.15) is 0 Å². The van der Waals surface area contributed by atoms with E-state index >= 15 is 0 Å². The average Bonchev–Trinajstić information content (AvgIpc) is 2.28. The first-order valence-corrected chi connectivity index (χ1v) is 7.00. The third-order valence-corrected chi connectivity index (χ3v) is 4.97. The summed E-state index contributed by atoms with van der Waals surface area (Å²) in [5, 5.41) is 5.16. The molecular weight excluding hydrogens is 246 g/mol. The summed E-state index contributed by atoms with van der Waals surface area (Å²) < 4.78 is 26.0. The summed E-state index contributed by atoms with van der Waals surface area (Å²) >= 11 is 0. The van der Waals surface area contributed by atoms with Crippen molar-refractivity contribution in [1.29, 1.82) is 0 Å². The predicted octanol–water partition coefficient (Wildman–Crippen LogP) is 0.110. The van der Waals surface area contributed by atoms with Crippen LogP contribution in [0.3, 0.4) is 0 Å². The molecule has 6 nitrogen and oxygen atoms in total. The number of hydrogen-bond acceptors (Lipinski definition) is 5. The van der Waals surface area contributed by atoms with Gasteiger partial charge < -0.3 is 4.74 Å². The smallest absolute Gasteiger partial charge is 0.313 e. The summed E-state index contributed by atoms with van der Waals surface area (Å²) in [6, 6.07) is 0. The van der Waals surface area contributed by atoms with Crippen molar-refractivity contribution in [3.8, 4) is 0 Å². The highest BCUT2D eigenvalue weighted by Crippen LogP contribution is 2.35. The Bertz CT molecular complexity index is 408. The van der Waals surface area contributed by atoms with E-state index in [-0.39, 0.29) is 12.8 Å². The molecule has 0 saturated heterocycles. The number of nitrogens with two attached hydrogens (primary N) is 1. The third kappa shape index (κ3) is 2.84. The maximum atomic E-state index is 12.0. The molecule has 0 bridgehead atoms. The van der Waals surface area contributed by atoms with Crippen molar-refractivity contribution in [2.45, 2.75) is 43.3 Å². The van der Waals surface area contributed by atoms with Gasteiger partial charge in [0, 0.05) is 0 Å². The quantitative estimate of drug-likeness (QED) is 0.572. The van der Waals surface area contributed by atoms with Crippen molar-refractivity contribution >= 4 is 21.8 Å². The topological polar surface area (TPSA) is 104 Å². The average molecular weight is 263 g/mol. The first kappa shape index (κ1) is 14.1. The number of Topliss-reactive ketones (excluding diaryl/α,β-unsaturated/α-hetero) is 1. The van der Waals surface area contributed by atoms with Crippen LogP contribution < -0.4 is 5.14 Å². The van der Waals surface area contributed by atoms with Crippen LogP contribution in [0.2, 0.25) is 0 Å². The molecule has 7 heteroatoms. The molecule has 1 rings (SSSR count). The summed E-state index contributed by atoms with van der Waals surface area (Å²) in [6.45, 7) is 0. The summed E-state index contributed by atoms with van der Waals surface area (Å²) in [5.41, 5.74) is 0. The van der Waals surface area contributed by atoms with Gasteiger partial charge in [0.15, 0.2) is 5.78 Å². The standard InChI is InChI=1S/C10H17NO5S/c1-16-9(13)7-8(12)10(17(11,14)15)5-3-2-4-6-10/h2-7H2,1H3,(H2,11,14,15). The number of ketones is 1. The maximum absolute atomic E-state index is 12.0. The second-order valence-corrected chi connectivity index (χ2v) is 6.15. The van der Waals surface area contributed by atoms with E-state index in [4.69, 9.17) is 5.14 Å². The Morgan fingerprint density at radius 3 is 2.18 bits per heavy atom. The highest BCUT2D eigenvalue weighted by atomic mass is 32.2. The maximum Gasteiger partial charge on any atom is 0.313 e. The first-order chi connectivity index (χ1) is 7.83. The van der Waals surface area contributed by atoms with E-state index in [1.807, 2.05) is 0 Å². The fourth-order valence-electron chi connectivity index (χ4n) is 2.21. The fourth-order valence-corrected chi connectivity index (χ4v) is 3.46. The molecule has 17 heavy (non-hydrogen) atoms. The Balaban J connectivity index is 2.99. The molecule has 1 aliphatic rings. The molecule has 0 atom stereocenters. The van der Waals surface area contributed by atoms with E-state index in [0.717, 1.165) is 13.5 Å². The Hall–Kier alpha value is -0.950. The Morgan fingerprint density at radius 2 is 1.76 bits per heavy atom. The molecule has 0 aliphatic heterocycles. The van der Waals surface area contributed by atoms with Crippen LogP contribution in [0.15, 0.2) is 0 Å². The van der Waals surface area contributed by atoms with Crippen LogP contribution in [0.4, 0.5) is 0 Å². The normalized spacial score (nSPS) is 19.6. The van der Waals surface area contributed by atoms with Crippen molar-refractivity contribution in [1.82, 2.24) is 0 Å². The van der Waals surface area contributed by atoms with Crippen LogP contribution in [0.5, 0.6) is 0 Å². The minimum absolute atomic E-state index is 0.196. The zero-order chi connectivity index (χ0) is 13.1. The third-order valence-electron chi connectivity index (χ3n) is 3.25. The zero-order valence-electron chi connectivity index (χ0n) is 9.77. The molecular formula is C10H17NO5S. The van der Waals surface area contributed by atoms with Crippen molar-refractivity contribution in [3.63, 3.8) is 0 Å². The Labute approximate surface area is 101 Å². The number of primary sulfonamides is 1. The van der Waals surface area contributed by atoms with Crippen molar-refractivity contribution in [2.75, 3.05) is 7.11 Å². The van der Waals surface area contributed by atoms with Crippen LogP contribution in [0.1, 0.15) is 38.5 Å². The fraction of sp³-hybridized carbons (Fsp3) is 0.800. The number of methoxy groups -OCH3 is 1. The molecule has 1 saturated carbocycles. The van der Waals surface area contributed by atoms with E-state index in [9.17, 15) is 18.0 Å². The monoisotopic (exact) mass is 263 g/mol. The van der Waals surface area contributed by atoms with Gasteiger partial charge in [-0.15, -0.1) is 0 Å². The van der Waals surface area contributed by atoms with Crippen LogP contribution in [-0.2, 0) is 24.3 Å². The van der Waals surface area contributed by atoms with Gasteiger partial charge in [-0.3, -0.25) is 9.59 Å². The molecule has 0 unspecified atom stereocenters. The van der Waals surface area contributed by atoms with Gasteiger partial charge in [0.05, 0.1) is 7.11 Å². The molecule has 0 heterocycles. The van der Waals surface area contributed by atoms with Gasteiger partial charge in [-0.05, 0) is 12.8 Å². The second-order valence-electron chi connectivity index (χ2n) is 4.28. The lowest BCUT2D eigenvalue weighted by atomic mass is 9.84. The number of carbonyl (C=O) groups excluding carboxylic acids is 2. The van der Waals surface area contributed by atoms with Crippen LogP contribution >= 0.6 is 0 Å². The van der Waals surface area contributed by atoms with Crippen LogP contribution in [0.25, 0.3) is 0 Å². The highest BCUT2D eigenvalue weighted by molar-refractivity contribution is 7.91. The summed E-state index contributed by atoms with van der Waals surface area (Å²) in [4.78, 5) is 23.0. The number of hydrogen-bond donors (Lipinski definition) is 1. The molecule has 1 fully saturated rings.